The highest BCUT2D eigenvalue weighted by Gasteiger charge is 2.50. The molecule has 0 aliphatic carbocycles. The van der Waals surface area contributed by atoms with Crippen LogP contribution >= 0.6 is 0 Å². The fourth-order valence-corrected chi connectivity index (χ4v) is 5.59. The number of nitrogens with one attached hydrogen (secondary N) is 1. The van der Waals surface area contributed by atoms with Crippen LogP contribution in [0.15, 0.2) is 54.7 Å². The molecule has 0 bridgehead atoms. The summed E-state index contributed by atoms with van der Waals surface area (Å²) in [5.74, 6) is -0.180. The number of likely N-dealkylation sites (tertiary alicyclic amines) is 1. The van der Waals surface area contributed by atoms with E-state index in [1.54, 1.807) is 12.1 Å². The average molecular weight is 434 g/mol. The summed E-state index contributed by atoms with van der Waals surface area (Å²) in [5.41, 5.74) is 2.84. The molecule has 2 aromatic carbocycles. The Balaban J connectivity index is 1.35. The van der Waals surface area contributed by atoms with Crippen molar-refractivity contribution in [2.24, 2.45) is 7.05 Å². The first-order chi connectivity index (χ1) is 15.4. The minimum atomic E-state index is -0.470. The third kappa shape index (κ3) is 3.68. The Bertz CT molecular complexity index is 1170. The molecule has 1 aromatic heterocycles. The van der Waals surface area contributed by atoms with Crippen LogP contribution in [0.3, 0.4) is 0 Å². The van der Waals surface area contributed by atoms with Crippen molar-refractivity contribution in [3.63, 3.8) is 0 Å². The van der Waals surface area contributed by atoms with Gasteiger partial charge in [0.1, 0.15) is 5.82 Å². The van der Waals surface area contributed by atoms with Crippen molar-refractivity contribution in [1.82, 2.24) is 14.8 Å². The molecule has 2 atom stereocenters. The van der Waals surface area contributed by atoms with Crippen molar-refractivity contribution < 1.29 is 14.0 Å². The largest absolute Gasteiger partial charge is 0.350 e. The van der Waals surface area contributed by atoms with Gasteiger partial charge in [0.2, 0.25) is 11.8 Å². The highest BCUT2D eigenvalue weighted by molar-refractivity contribution is 5.85. The number of fused-ring (bicyclic) bond motifs is 1. The van der Waals surface area contributed by atoms with E-state index in [1.165, 1.54) is 23.1 Å². The Kier molecular flexibility index (Phi) is 5.24. The van der Waals surface area contributed by atoms with Crippen molar-refractivity contribution in [1.29, 1.82) is 0 Å². The third-order valence-electron chi connectivity index (χ3n) is 7.17. The van der Waals surface area contributed by atoms with E-state index in [1.807, 2.05) is 24.1 Å². The first-order valence-corrected chi connectivity index (χ1v) is 11.3. The van der Waals surface area contributed by atoms with Crippen LogP contribution in [-0.4, -0.2) is 39.9 Å². The van der Waals surface area contributed by atoms with Gasteiger partial charge >= 0.3 is 0 Å². The molecule has 2 aliphatic heterocycles. The number of aryl methyl sites for hydroxylation is 2. The van der Waals surface area contributed by atoms with Gasteiger partial charge in [-0.25, -0.2) is 4.39 Å². The van der Waals surface area contributed by atoms with E-state index in [4.69, 9.17) is 0 Å². The maximum atomic E-state index is 13.5. The van der Waals surface area contributed by atoms with Gasteiger partial charge in [0.25, 0.3) is 0 Å². The fourth-order valence-electron chi connectivity index (χ4n) is 5.59. The van der Waals surface area contributed by atoms with Crippen molar-refractivity contribution in [3.8, 4) is 0 Å². The lowest BCUT2D eigenvalue weighted by molar-refractivity contribution is -0.131. The molecule has 166 valence electrons. The molecule has 32 heavy (non-hydrogen) atoms. The van der Waals surface area contributed by atoms with Crippen LogP contribution in [0, 0.1) is 5.82 Å². The molecule has 2 saturated heterocycles. The van der Waals surface area contributed by atoms with Crippen LogP contribution < -0.4 is 5.32 Å². The monoisotopic (exact) mass is 433 g/mol. The smallest absolute Gasteiger partial charge is 0.223 e. The zero-order valence-electron chi connectivity index (χ0n) is 18.3. The van der Waals surface area contributed by atoms with Gasteiger partial charge in [-0.1, -0.05) is 30.3 Å². The number of carbonyl (C=O) groups excluding carboxylic acids is 2. The number of hydrogen-bond donors (Lipinski definition) is 1. The van der Waals surface area contributed by atoms with E-state index < -0.39 is 5.54 Å². The summed E-state index contributed by atoms with van der Waals surface area (Å²) in [7, 11) is 2.02. The predicted octanol–water partition coefficient (Wildman–Crippen LogP) is 3.91. The van der Waals surface area contributed by atoms with Gasteiger partial charge in [-0.15, -0.1) is 0 Å². The van der Waals surface area contributed by atoms with E-state index in [0.717, 1.165) is 23.9 Å². The lowest BCUT2D eigenvalue weighted by Gasteiger charge is -2.39. The predicted molar refractivity (Wildman–Crippen MR) is 122 cm³/mol. The summed E-state index contributed by atoms with van der Waals surface area (Å²) in [6, 6.07) is 14.7. The van der Waals surface area contributed by atoms with E-state index in [-0.39, 0.29) is 23.5 Å². The second-order valence-electron chi connectivity index (χ2n) is 9.22. The molecule has 2 amide bonds. The summed E-state index contributed by atoms with van der Waals surface area (Å²) in [6.45, 7) is 1.05. The van der Waals surface area contributed by atoms with E-state index >= 15 is 0 Å². The fraction of sp³-hybridized carbons (Fsp3) is 0.385. The van der Waals surface area contributed by atoms with Crippen LogP contribution in [0.2, 0.25) is 0 Å². The molecular weight excluding hydrogens is 405 g/mol. The minimum absolute atomic E-state index is 0.0335. The quantitative estimate of drug-likeness (QED) is 0.678. The number of benzene rings is 2. The number of halogens is 1. The Morgan fingerprint density at radius 3 is 2.75 bits per heavy atom. The van der Waals surface area contributed by atoms with Gasteiger partial charge in [-0.05, 0) is 48.6 Å². The SMILES string of the molecule is Cn1cc(CCC(=O)N2C[C@@H](c3ccc(F)cc3)[C@@]3(CCCC(=O)N3)C2)c2ccccc21. The first kappa shape index (κ1) is 20.7. The molecule has 1 N–H and O–H groups in total. The highest BCUT2D eigenvalue weighted by atomic mass is 19.1. The topological polar surface area (TPSA) is 54.3 Å². The van der Waals surface area contributed by atoms with Gasteiger partial charge in [0.15, 0.2) is 0 Å². The summed E-state index contributed by atoms with van der Waals surface area (Å²) < 4.78 is 15.6. The number of nitrogens with zero attached hydrogens (tertiary/aromatic N) is 2. The van der Waals surface area contributed by atoms with Crippen LogP contribution in [0.4, 0.5) is 4.39 Å². The average Bonchev–Trinajstić information content (AvgIpc) is 3.31. The molecule has 3 aromatic rings. The number of aromatic nitrogens is 1. The molecule has 5 rings (SSSR count). The normalized spacial score (nSPS) is 23.1. The first-order valence-electron chi connectivity index (χ1n) is 11.3. The van der Waals surface area contributed by atoms with Gasteiger partial charge in [-0.3, -0.25) is 9.59 Å². The van der Waals surface area contributed by atoms with Gasteiger partial charge in [0, 0.05) is 56.0 Å². The molecule has 2 fully saturated rings. The maximum absolute atomic E-state index is 13.5. The van der Waals surface area contributed by atoms with Crippen LogP contribution in [-0.2, 0) is 23.1 Å². The molecular formula is C26H28FN3O2. The number of hydrogen-bond acceptors (Lipinski definition) is 2. The molecule has 2 aliphatic rings. The van der Waals surface area contributed by atoms with Crippen LogP contribution in [0.25, 0.3) is 10.9 Å². The zero-order valence-corrected chi connectivity index (χ0v) is 18.3. The standard InChI is InChI=1S/C26H28FN3O2/c1-29-15-19(21-5-2-3-6-23(21)29)10-13-25(32)30-16-22(18-8-11-20(27)12-9-18)26(17-30)14-4-7-24(31)28-26/h2-3,5-6,8-9,11-12,15,22H,4,7,10,13-14,16-17H2,1H3,(H,28,31)/t22-,26+/m0/s1. The molecule has 6 heteroatoms. The van der Waals surface area contributed by atoms with Crippen molar-refractivity contribution in [2.75, 3.05) is 13.1 Å². The maximum Gasteiger partial charge on any atom is 0.223 e. The molecule has 0 unspecified atom stereocenters. The van der Waals surface area contributed by atoms with E-state index in [2.05, 4.69) is 28.2 Å². The number of rotatable bonds is 4. The Labute approximate surface area is 187 Å². The molecule has 0 saturated carbocycles. The highest BCUT2D eigenvalue weighted by Crippen LogP contribution is 2.41. The summed E-state index contributed by atoms with van der Waals surface area (Å²) in [5, 5.41) is 4.40. The Hall–Kier alpha value is -3.15. The molecule has 1 spiro atoms. The minimum Gasteiger partial charge on any atom is -0.350 e. The van der Waals surface area contributed by atoms with Crippen molar-refractivity contribution in [2.45, 2.75) is 43.6 Å². The van der Waals surface area contributed by atoms with Gasteiger partial charge < -0.3 is 14.8 Å². The van der Waals surface area contributed by atoms with E-state index in [9.17, 15) is 14.0 Å². The lowest BCUT2D eigenvalue weighted by atomic mass is 9.76. The van der Waals surface area contributed by atoms with Crippen molar-refractivity contribution >= 4 is 22.7 Å². The van der Waals surface area contributed by atoms with Crippen LogP contribution in [0.1, 0.15) is 42.7 Å². The Morgan fingerprint density at radius 2 is 1.97 bits per heavy atom. The number of para-hydroxylation sites is 1. The lowest BCUT2D eigenvalue weighted by Crippen LogP contribution is -2.56. The van der Waals surface area contributed by atoms with Gasteiger partial charge in [0.05, 0.1) is 5.54 Å². The second kappa shape index (κ2) is 8.08. The zero-order chi connectivity index (χ0) is 22.3. The van der Waals surface area contributed by atoms with Crippen LogP contribution in [0.5, 0.6) is 0 Å². The van der Waals surface area contributed by atoms with Crippen molar-refractivity contribution in [3.05, 3.63) is 71.7 Å². The van der Waals surface area contributed by atoms with Gasteiger partial charge in [-0.2, -0.15) is 0 Å². The number of amides is 2. The second-order valence-corrected chi connectivity index (χ2v) is 9.22. The Morgan fingerprint density at radius 1 is 1.19 bits per heavy atom. The summed E-state index contributed by atoms with van der Waals surface area (Å²) in [6.07, 6.45) is 5.36. The summed E-state index contributed by atoms with van der Waals surface area (Å²) in [4.78, 5) is 27.4. The molecule has 3 heterocycles. The number of carbonyl (C=O) groups is 2. The van der Waals surface area contributed by atoms with E-state index in [0.29, 0.717) is 32.4 Å². The third-order valence-corrected chi connectivity index (χ3v) is 7.17. The number of piperidine rings is 1. The molecule has 5 nitrogen and oxygen atoms in total. The molecule has 0 radical (unpaired) electrons. The summed E-state index contributed by atoms with van der Waals surface area (Å²) >= 11 is 0.